The van der Waals surface area contributed by atoms with Crippen LogP contribution in [0.1, 0.15) is 33.1 Å². The zero-order valence-electron chi connectivity index (χ0n) is 14.6. The summed E-state index contributed by atoms with van der Waals surface area (Å²) in [7, 11) is -7.23. The highest BCUT2D eigenvalue weighted by Gasteiger charge is 2.28. The van der Waals surface area contributed by atoms with Crippen molar-refractivity contribution >= 4 is 20.0 Å². The molecular weight excluding hydrogens is 364 g/mol. The van der Waals surface area contributed by atoms with E-state index in [0.29, 0.717) is 25.6 Å². The maximum Gasteiger partial charge on any atom is 0.240 e. The molecule has 1 aliphatic rings. The molecule has 1 aliphatic carbocycles. The van der Waals surface area contributed by atoms with E-state index in [1.807, 2.05) is 13.8 Å². The molecule has 0 unspecified atom stereocenters. The van der Waals surface area contributed by atoms with Gasteiger partial charge < -0.3 is 4.74 Å². The fourth-order valence-electron chi connectivity index (χ4n) is 2.07. The molecule has 0 saturated heterocycles. The number of sulfonamides is 2. The molecule has 0 heterocycles. The van der Waals surface area contributed by atoms with Crippen molar-refractivity contribution in [1.82, 2.24) is 9.44 Å². The van der Waals surface area contributed by atoms with Gasteiger partial charge in [-0.15, -0.1) is 0 Å². The molecule has 0 bridgehead atoms. The molecule has 2 rings (SSSR count). The average molecular weight is 391 g/mol. The Morgan fingerprint density at radius 2 is 1.60 bits per heavy atom. The molecule has 2 N–H and O–H groups in total. The van der Waals surface area contributed by atoms with Crippen LogP contribution >= 0.6 is 0 Å². The van der Waals surface area contributed by atoms with Gasteiger partial charge in [-0.05, 0) is 49.4 Å². The third-order valence-corrected chi connectivity index (χ3v) is 6.57. The summed E-state index contributed by atoms with van der Waals surface area (Å²) in [4.78, 5) is 0.112. The highest BCUT2D eigenvalue weighted by molar-refractivity contribution is 7.90. The van der Waals surface area contributed by atoms with E-state index in [0.717, 1.165) is 12.8 Å². The summed E-state index contributed by atoms with van der Waals surface area (Å²) in [6.45, 7) is 5.51. The van der Waals surface area contributed by atoms with Crippen LogP contribution in [0.4, 0.5) is 0 Å². The Hall–Kier alpha value is -1.00. The van der Waals surface area contributed by atoms with E-state index in [4.69, 9.17) is 4.74 Å². The molecule has 0 atom stereocenters. The molecule has 1 aromatic rings. The Kier molecular flexibility index (Phi) is 6.98. The minimum absolute atomic E-state index is 0.00740. The van der Waals surface area contributed by atoms with Crippen molar-refractivity contribution in [2.45, 2.75) is 48.9 Å². The Morgan fingerprint density at radius 3 is 2.12 bits per heavy atom. The van der Waals surface area contributed by atoms with Crippen LogP contribution in [0.5, 0.6) is 0 Å². The van der Waals surface area contributed by atoms with Gasteiger partial charge in [0, 0.05) is 25.8 Å². The van der Waals surface area contributed by atoms with Crippen molar-refractivity contribution in [3.05, 3.63) is 24.3 Å². The van der Waals surface area contributed by atoms with Crippen LogP contribution in [0.3, 0.4) is 0 Å². The molecule has 0 radical (unpaired) electrons. The lowest BCUT2D eigenvalue weighted by atomic mass is 10.2. The third-order valence-electron chi connectivity index (χ3n) is 3.55. The SMILES string of the molecule is CC(C)COCCCNS(=O)(=O)c1ccc(S(=O)(=O)NC2CC2)cc1. The molecule has 9 heteroatoms. The van der Waals surface area contributed by atoms with Crippen molar-refractivity contribution in [3.63, 3.8) is 0 Å². The Labute approximate surface area is 150 Å². The Balaban J connectivity index is 1.87. The average Bonchev–Trinajstić information content (AvgIpc) is 3.34. The van der Waals surface area contributed by atoms with E-state index in [9.17, 15) is 16.8 Å². The second kappa shape index (κ2) is 8.59. The van der Waals surface area contributed by atoms with E-state index >= 15 is 0 Å². The number of nitrogens with one attached hydrogen (secondary N) is 2. The molecule has 0 spiro atoms. The van der Waals surface area contributed by atoms with Crippen LogP contribution in [-0.4, -0.2) is 42.6 Å². The lowest BCUT2D eigenvalue weighted by molar-refractivity contribution is 0.108. The first kappa shape index (κ1) is 20.3. The van der Waals surface area contributed by atoms with Gasteiger partial charge in [-0.3, -0.25) is 0 Å². The van der Waals surface area contributed by atoms with Crippen LogP contribution in [0.25, 0.3) is 0 Å². The minimum atomic E-state index is -3.66. The first-order chi connectivity index (χ1) is 11.7. The van der Waals surface area contributed by atoms with Gasteiger partial charge in [-0.2, -0.15) is 0 Å². The predicted octanol–water partition coefficient (Wildman–Crippen LogP) is 1.47. The summed E-state index contributed by atoms with van der Waals surface area (Å²) in [5.74, 6) is 0.445. The molecule has 7 nitrogen and oxygen atoms in total. The van der Waals surface area contributed by atoms with Crippen molar-refractivity contribution in [1.29, 1.82) is 0 Å². The number of ether oxygens (including phenoxy) is 1. The maximum atomic E-state index is 12.2. The highest BCUT2D eigenvalue weighted by Crippen LogP contribution is 2.22. The Morgan fingerprint density at radius 1 is 1.04 bits per heavy atom. The second-order valence-corrected chi connectivity index (χ2v) is 10.1. The molecule has 0 amide bonds. The van der Waals surface area contributed by atoms with Gasteiger partial charge in [0.05, 0.1) is 9.79 Å². The van der Waals surface area contributed by atoms with Gasteiger partial charge in [0.2, 0.25) is 20.0 Å². The van der Waals surface area contributed by atoms with Gasteiger partial charge in [0.15, 0.2) is 0 Å². The molecule has 0 aliphatic heterocycles. The topological polar surface area (TPSA) is 102 Å². The molecule has 1 aromatic carbocycles. The summed E-state index contributed by atoms with van der Waals surface area (Å²) in [5.41, 5.74) is 0. The van der Waals surface area contributed by atoms with Crippen LogP contribution in [-0.2, 0) is 24.8 Å². The molecule has 1 saturated carbocycles. The van der Waals surface area contributed by atoms with Crippen molar-refractivity contribution < 1.29 is 21.6 Å². The largest absolute Gasteiger partial charge is 0.381 e. The lowest BCUT2D eigenvalue weighted by Crippen LogP contribution is -2.27. The zero-order chi connectivity index (χ0) is 18.5. The van der Waals surface area contributed by atoms with Crippen molar-refractivity contribution in [2.24, 2.45) is 5.92 Å². The van der Waals surface area contributed by atoms with Gasteiger partial charge in [-0.1, -0.05) is 13.8 Å². The molecule has 142 valence electrons. The molecule has 0 aromatic heterocycles. The minimum Gasteiger partial charge on any atom is -0.381 e. The highest BCUT2D eigenvalue weighted by atomic mass is 32.2. The summed E-state index contributed by atoms with van der Waals surface area (Å²) < 4.78 is 59.0. The van der Waals surface area contributed by atoms with Crippen LogP contribution in [0.2, 0.25) is 0 Å². The van der Waals surface area contributed by atoms with E-state index in [1.54, 1.807) is 0 Å². The van der Waals surface area contributed by atoms with Crippen molar-refractivity contribution in [2.75, 3.05) is 19.8 Å². The number of hydrogen-bond acceptors (Lipinski definition) is 5. The van der Waals surface area contributed by atoms with Gasteiger partial charge in [-0.25, -0.2) is 26.3 Å². The maximum absolute atomic E-state index is 12.2. The molecule has 1 fully saturated rings. The van der Waals surface area contributed by atoms with E-state index in [-0.39, 0.29) is 22.4 Å². The normalized spacial score (nSPS) is 15.6. The summed E-state index contributed by atoms with van der Waals surface area (Å²) >= 11 is 0. The fraction of sp³-hybridized carbons (Fsp3) is 0.625. The zero-order valence-corrected chi connectivity index (χ0v) is 16.2. The number of rotatable bonds is 11. The quantitative estimate of drug-likeness (QED) is 0.557. The third kappa shape index (κ3) is 6.67. The smallest absolute Gasteiger partial charge is 0.240 e. The van der Waals surface area contributed by atoms with Crippen LogP contribution in [0.15, 0.2) is 34.1 Å². The molecule has 25 heavy (non-hydrogen) atoms. The summed E-state index contributed by atoms with van der Waals surface area (Å²) in [6.07, 6.45) is 2.26. The van der Waals surface area contributed by atoms with E-state index in [1.165, 1.54) is 24.3 Å². The number of benzene rings is 1. The first-order valence-electron chi connectivity index (χ1n) is 8.40. The van der Waals surface area contributed by atoms with E-state index in [2.05, 4.69) is 9.44 Å². The fourth-order valence-corrected chi connectivity index (χ4v) is 4.45. The van der Waals surface area contributed by atoms with E-state index < -0.39 is 20.0 Å². The van der Waals surface area contributed by atoms with Gasteiger partial charge in [0.1, 0.15) is 0 Å². The lowest BCUT2D eigenvalue weighted by Gasteiger charge is -2.09. The monoisotopic (exact) mass is 390 g/mol. The predicted molar refractivity (Wildman–Crippen MR) is 95.2 cm³/mol. The van der Waals surface area contributed by atoms with Gasteiger partial charge in [0.25, 0.3) is 0 Å². The van der Waals surface area contributed by atoms with Crippen LogP contribution < -0.4 is 9.44 Å². The standard InChI is InChI=1S/C16H26N2O5S2/c1-13(2)12-23-11-3-10-17-24(19,20)15-6-8-16(9-7-15)25(21,22)18-14-4-5-14/h6-9,13-14,17-18H,3-5,10-12H2,1-2H3. The summed E-state index contributed by atoms with van der Waals surface area (Å²) in [5, 5.41) is 0. The Bertz CT molecular complexity index is 754. The molecular formula is C16H26N2O5S2. The van der Waals surface area contributed by atoms with Gasteiger partial charge >= 0.3 is 0 Å². The first-order valence-corrected chi connectivity index (χ1v) is 11.4. The summed E-state index contributed by atoms with van der Waals surface area (Å²) in [6, 6.07) is 5.24. The number of hydrogen-bond donors (Lipinski definition) is 2. The van der Waals surface area contributed by atoms with Crippen LogP contribution in [0, 0.1) is 5.92 Å². The van der Waals surface area contributed by atoms with Crippen molar-refractivity contribution in [3.8, 4) is 0 Å². The second-order valence-electron chi connectivity index (χ2n) is 6.59.